The highest BCUT2D eigenvalue weighted by Crippen LogP contribution is 2.06. The molecule has 0 saturated heterocycles. The fourth-order valence-electron chi connectivity index (χ4n) is 0.870. The zero-order valence-corrected chi connectivity index (χ0v) is 10.7. The van der Waals surface area contributed by atoms with Crippen LogP contribution in [0.5, 0.6) is 0 Å². The van der Waals surface area contributed by atoms with Crippen LogP contribution in [0, 0.1) is 0 Å². The molecule has 9 heteroatoms. The average Bonchev–Trinajstić information content (AvgIpc) is 2.45. The summed E-state index contributed by atoms with van der Waals surface area (Å²) >= 11 is 0. The van der Waals surface area contributed by atoms with Crippen LogP contribution >= 0.6 is 0 Å². The van der Waals surface area contributed by atoms with Crippen LogP contribution in [0.3, 0.4) is 0 Å². The maximum absolute atomic E-state index is 11.5. The first-order chi connectivity index (χ1) is 7.60. The Morgan fingerprint density at radius 2 is 1.88 bits per heavy atom. The van der Waals surface area contributed by atoms with E-state index in [1.54, 1.807) is 0 Å². The molecule has 0 atom stereocenters. The fourth-order valence-corrected chi connectivity index (χ4v) is 2.01. The highest BCUT2D eigenvalue weighted by molar-refractivity contribution is 7.91. The molecule has 1 aromatic rings. The van der Waals surface area contributed by atoms with Crippen LogP contribution in [0.25, 0.3) is 0 Å². The number of sulfone groups is 1. The van der Waals surface area contributed by atoms with Crippen molar-refractivity contribution in [3.8, 4) is 0 Å². The maximum atomic E-state index is 11.5. The van der Waals surface area contributed by atoms with Gasteiger partial charge in [0, 0.05) is 5.97 Å². The Labute approximate surface area is 97.7 Å². The van der Waals surface area contributed by atoms with Gasteiger partial charge in [0.2, 0.25) is 9.84 Å². The minimum Gasteiger partial charge on any atom is -0.550 e. The highest BCUT2D eigenvalue weighted by atomic mass is 32.2. The number of aromatic nitrogens is 2. The summed E-state index contributed by atoms with van der Waals surface area (Å²) in [6.45, 7) is 3.98. The van der Waals surface area contributed by atoms with E-state index in [1.807, 2.05) is 5.16 Å². The second kappa shape index (κ2) is 5.62. The third-order valence-corrected chi connectivity index (χ3v) is 3.87. The third kappa shape index (κ3) is 4.02. The zero-order chi connectivity index (χ0) is 13.8. The van der Waals surface area contributed by atoms with E-state index < -0.39 is 26.6 Å². The second-order valence-corrected chi connectivity index (χ2v) is 5.83. The lowest BCUT2D eigenvalue weighted by atomic mass is 10.6. The molecule has 0 amide bonds. The molecule has 17 heavy (non-hydrogen) atoms. The minimum atomic E-state index is -3.57. The van der Waals surface area contributed by atoms with Gasteiger partial charge in [-0.25, -0.2) is 13.2 Å². The number of aryl methyl sites for hydroxylation is 1. The second-order valence-electron chi connectivity index (χ2n) is 3.41. The van der Waals surface area contributed by atoms with Crippen molar-refractivity contribution in [2.45, 2.75) is 31.0 Å². The van der Waals surface area contributed by atoms with Crippen molar-refractivity contribution >= 4 is 15.8 Å². The van der Waals surface area contributed by atoms with Crippen molar-refractivity contribution in [1.82, 2.24) is 5.16 Å². The van der Waals surface area contributed by atoms with Gasteiger partial charge in [-0.1, -0.05) is 0 Å². The minimum absolute atomic E-state index is 0.345. The number of rotatable bonds is 2. The zero-order valence-electron chi connectivity index (χ0n) is 9.88. The molecule has 0 unspecified atom stereocenters. The lowest BCUT2D eigenvalue weighted by Gasteiger charge is -2.00. The number of hydrogen-bond donors (Lipinski definition) is 1. The number of hydrogen-bond acceptors (Lipinski definition) is 6. The van der Waals surface area contributed by atoms with Crippen LogP contribution in [-0.4, -0.2) is 24.8 Å². The molecule has 0 bridgehead atoms. The Morgan fingerprint density at radius 3 is 2.12 bits per heavy atom. The van der Waals surface area contributed by atoms with Crippen molar-refractivity contribution in [3.05, 3.63) is 10.4 Å². The number of carbonyl (C=O) groups excluding carboxylic acids is 1. The number of H-pyrrole nitrogens is 1. The largest absolute Gasteiger partial charge is 0.550 e. The molecule has 0 aliphatic rings. The van der Waals surface area contributed by atoms with Crippen LogP contribution in [0.4, 0.5) is 0 Å². The van der Waals surface area contributed by atoms with Gasteiger partial charge in [0.05, 0.1) is 5.25 Å². The van der Waals surface area contributed by atoms with Gasteiger partial charge in [0.15, 0.2) is 0 Å². The lowest BCUT2D eigenvalue weighted by Crippen LogP contribution is -2.38. The molecule has 1 heterocycles. The summed E-state index contributed by atoms with van der Waals surface area (Å²) in [5.74, 6) is -1.08. The quantitative estimate of drug-likeness (QED) is 0.602. The third-order valence-electron chi connectivity index (χ3n) is 1.65. The standard InChI is InChI=1S/C6H10N2O4S.C2H4O2/c1-4(2)13(10,11)6-5(9)7-12-8(6)3;1-2(3)4/h4H,1-3H3;1H3,(H,3,4). The monoisotopic (exact) mass is 266 g/mol. The Bertz CT molecular complexity index is 535. The Balaban J connectivity index is 0.000000557. The van der Waals surface area contributed by atoms with E-state index in [2.05, 4.69) is 4.63 Å². The Morgan fingerprint density at radius 1 is 1.47 bits per heavy atom. The number of aromatic amines is 1. The molecule has 0 aliphatic carbocycles. The molecular weight excluding hydrogens is 252 g/mol. The number of nitrogens with zero attached hydrogens (tertiary/aromatic N) is 1. The number of carboxylic acids is 1. The van der Waals surface area contributed by atoms with E-state index >= 15 is 0 Å². The number of aliphatic carboxylic acids is 1. The van der Waals surface area contributed by atoms with Gasteiger partial charge >= 0.3 is 10.6 Å². The summed E-state index contributed by atoms with van der Waals surface area (Å²) in [7, 11) is -2.22. The molecule has 8 nitrogen and oxygen atoms in total. The van der Waals surface area contributed by atoms with Gasteiger partial charge in [-0.15, -0.1) is 4.63 Å². The summed E-state index contributed by atoms with van der Waals surface area (Å²) < 4.78 is 28.5. The fraction of sp³-hybridized carbons (Fsp3) is 0.625. The lowest BCUT2D eigenvalue weighted by molar-refractivity contribution is -0.882. The smallest absolute Gasteiger partial charge is 0.428 e. The van der Waals surface area contributed by atoms with Crippen molar-refractivity contribution in [2.24, 2.45) is 7.05 Å². The van der Waals surface area contributed by atoms with Gasteiger partial charge in [-0.2, -0.15) is 0 Å². The summed E-state index contributed by atoms with van der Waals surface area (Å²) in [6.07, 6.45) is 0. The maximum Gasteiger partial charge on any atom is 0.428 e. The Kier molecular flexibility index (Phi) is 5.08. The molecule has 0 fully saturated rings. The van der Waals surface area contributed by atoms with Crippen LogP contribution in [-0.2, 0) is 21.7 Å². The van der Waals surface area contributed by atoms with Gasteiger partial charge in [0.25, 0.3) is 0 Å². The van der Waals surface area contributed by atoms with Gasteiger partial charge in [-0.05, 0) is 30.7 Å². The number of carboxylic acid groups (broad SMARTS) is 1. The predicted octanol–water partition coefficient (Wildman–Crippen LogP) is -2.27. The number of nitrogens with one attached hydrogen (secondary N) is 1. The highest BCUT2D eigenvalue weighted by Gasteiger charge is 2.33. The average molecular weight is 266 g/mol. The van der Waals surface area contributed by atoms with Crippen molar-refractivity contribution in [1.29, 1.82) is 0 Å². The van der Waals surface area contributed by atoms with Crippen molar-refractivity contribution in [3.63, 3.8) is 0 Å². The molecule has 1 N–H and O–H groups in total. The van der Waals surface area contributed by atoms with Crippen molar-refractivity contribution < 1.29 is 27.7 Å². The normalized spacial score (nSPS) is 10.9. The van der Waals surface area contributed by atoms with E-state index in [-0.39, 0.29) is 5.03 Å². The van der Waals surface area contributed by atoms with Crippen molar-refractivity contribution in [2.75, 3.05) is 0 Å². The molecule has 0 saturated carbocycles. The SMILES string of the molecule is CC(=O)[O-].CC(C)S(=O)(=O)c1c(=O)[nH]o[n+]1C. The molecule has 1 aromatic heterocycles. The molecule has 0 spiro atoms. The van der Waals surface area contributed by atoms with E-state index in [4.69, 9.17) is 9.90 Å². The summed E-state index contributed by atoms with van der Waals surface area (Å²) in [5.41, 5.74) is -0.726. The number of carbonyl (C=O) groups is 1. The molecule has 98 valence electrons. The molecule has 0 radical (unpaired) electrons. The van der Waals surface area contributed by atoms with E-state index in [0.29, 0.717) is 0 Å². The van der Waals surface area contributed by atoms with Gasteiger partial charge in [0.1, 0.15) is 7.05 Å². The molecule has 1 rings (SSSR count). The van der Waals surface area contributed by atoms with E-state index in [1.165, 1.54) is 20.9 Å². The summed E-state index contributed by atoms with van der Waals surface area (Å²) in [6, 6.07) is 0. The first-order valence-corrected chi connectivity index (χ1v) is 6.14. The van der Waals surface area contributed by atoms with Crippen LogP contribution < -0.4 is 15.4 Å². The molecule has 0 aliphatic heterocycles. The van der Waals surface area contributed by atoms with Gasteiger partial charge in [-0.3, -0.25) is 0 Å². The predicted molar refractivity (Wildman–Crippen MR) is 53.5 cm³/mol. The van der Waals surface area contributed by atoms with E-state index in [0.717, 1.165) is 11.7 Å². The van der Waals surface area contributed by atoms with Gasteiger partial charge < -0.3 is 9.90 Å². The first-order valence-electron chi connectivity index (χ1n) is 4.60. The summed E-state index contributed by atoms with van der Waals surface area (Å²) in [5, 5.41) is 9.85. The van der Waals surface area contributed by atoms with E-state index in [9.17, 15) is 13.2 Å². The Hall–Kier alpha value is -1.64. The molecular formula is C8H14N2O6S. The topological polar surface area (TPSA) is 124 Å². The summed E-state index contributed by atoms with van der Waals surface area (Å²) in [4.78, 5) is 19.9. The van der Waals surface area contributed by atoms with Crippen LogP contribution in [0.15, 0.2) is 14.4 Å². The molecule has 0 aromatic carbocycles. The van der Waals surface area contributed by atoms with Crippen LogP contribution in [0.1, 0.15) is 20.8 Å². The first kappa shape index (κ1) is 15.4. The van der Waals surface area contributed by atoms with Crippen LogP contribution in [0.2, 0.25) is 0 Å².